The molecule has 0 amide bonds. The first-order chi connectivity index (χ1) is 9.80. The maximum atomic E-state index is 12.6. The van der Waals surface area contributed by atoms with E-state index in [1.807, 2.05) is 6.92 Å². The van der Waals surface area contributed by atoms with Crippen molar-refractivity contribution in [2.45, 2.75) is 37.6 Å². The molecule has 0 spiro atoms. The van der Waals surface area contributed by atoms with Gasteiger partial charge in [-0.15, -0.1) is 0 Å². The predicted octanol–water partition coefficient (Wildman–Crippen LogP) is 2.29. The van der Waals surface area contributed by atoms with E-state index in [0.717, 1.165) is 18.9 Å². The van der Waals surface area contributed by atoms with Gasteiger partial charge in [0.2, 0.25) is 0 Å². The molecule has 21 heavy (non-hydrogen) atoms. The number of nitrogens with one attached hydrogen (secondary N) is 1. The van der Waals surface area contributed by atoms with Gasteiger partial charge < -0.3 is 15.2 Å². The van der Waals surface area contributed by atoms with Crippen LogP contribution >= 0.6 is 0 Å². The molecule has 118 valence electrons. The van der Waals surface area contributed by atoms with Gasteiger partial charge in [0.25, 0.3) is 0 Å². The predicted molar refractivity (Wildman–Crippen MR) is 70.7 cm³/mol. The van der Waals surface area contributed by atoms with E-state index in [-0.39, 0.29) is 17.8 Å². The summed E-state index contributed by atoms with van der Waals surface area (Å²) < 4.78 is 43.1. The molecule has 1 aliphatic rings. The zero-order valence-corrected chi connectivity index (χ0v) is 11.8. The first kappa shape index (κ1) is 16.2. The van der Waals surface area contributed by atoms with Crippen molar-refractivity contribution in [3.63, 3.8) is 0 Å². The molecule has 1 aromatic rings. The van der Waals surface area contributed by atoms with Gasteiger partial charge in [0.1, 0.15) is 11.8 Å². The monoisotopic (exact) mass is 304 g/mol. The summed E-state index contributed by atoms with van der Waals surface area (Å²) in [4.78, 5) is 3.49. The minimum absolute atomic E-state index is 0.0213. The molecule has 0 aromatic carbocycles. The van der Waals surface area contributed by atoms with Gasteiger partial charge in [-0.3, -0.25) is 0 Å². The Morgan fingerprint density at radius 3 is 2.67 bits per heavy atom. The lowest BCUT2D eigenvalue weighted by atomic mass is 9.92. The fraction of sp³-hybridized carbons (Fsp3) is 0.643. The van der Waals surface area contributed by atoms with Crippen molar-refractivity contribution in [3.05, 3.63) is 29.6 Å². The number of nitrogens with zero attached hydrogens (tertiary/aromatic N) is 1. The minimum Gasteiger partial charge on any atom is -0.385 e. The highest BCUT2D eigenvalue weighted by Crippen LogP contribution is 2.28. The average molecular weight is 304 g/mol. The van der Waals surface area contributed by atoms with E-state index in [1.54, 1.807) is 0 Å². The molecular weight excluding hydrogens is 285 g/mol. The summed E-state index contributed by atoms with van der Waals surface area (Å²) >= 11 is 0. The highest BCUT2D eigenvalue weighted by atomic mass is 19.4. The molecule has 0 bridgehead atoms. The third-order valence-corrected chi connectivity index (χ3v) is 3.72. The number of aliphatic hydroxyl groups is 1. The van der Waals surface area contributed by atoms with Gasteiger partial charge in [0.15, 0.2) is 0 Å². The Balaban J connectivity index is 1.98. The first-order valence-corrected chi connectivity index (χ1v) is 6.85. The smallest absolute Gasteiger partial charge is 0.385 e. The van der Waals surface area contributed by atoms with Crippen molar-refractivity contribution in [2.24, 2.45) is 0 Å². The highest BCUT2D eigenvalue weighted by Gasteiger charge is 2.33. The number of ether oxygens (including phenoxy) is 1. The lowest BCUT2D eigenvalue weighted by molar-refractivity contribution is -0.141. The normalized spacial score (nSPS) is 20.2. The Hall–Kier alpha value is -1.18. The van der Waals surface area contributed by atoms with E-state index in [4.69, 9.17) is 4.74 Å². The molecule has 0 unspecified atom stereocenters. The van der Waals surface area contributed by atoms with Crippen LogP contribution in [-0.2, 0) is 10.9 Å². The Bertz CT molecular complexity index is 474. The van der Waals surface area contributed by atoms with Crippen LogP contribution < -0.4 is 5.32 Å². The van der Waals surface area contributed by atoms with Crippen molar-refractivity contribution in [2.75, 3.05) is 19.8 Å². The number of rotatable bonds is 4. The van der Waals surface area contributed by atoms with E-state index < -0.39 is 18.0 Å². The second-order valence-electron chi connectivity index (χ2n) is 5.52. The summed E-state index contributed by atoms with van der Waals surface area (Å²) in [5.41, 5.74) is -1.13. The summed E-state index contributed by atoms with van der Waals surface area (Å²) in [6.07, 6.45) is -3.98. The second kappa shape index (κ2) is 6.29. The number of aromatic nitrogens is 1. The molecule has 1 fully saturated rings. The molecular formula is C14H19F3N2O2. The SMILES string of the molecule is CC1(NC[C@H](O)c2cccc(C(F)(F)F)n2)CCOCC1. The molecule has 0 aliphatic carbocycles. The van der Waals surface area contributed by atoms with Gasteiger partial charge in [-0.25, -0.2) is 4.98 Å². The molecule has 0 radical (unpaired) electrons. The average Bonchev–Trinajstić information content (AvgIpc) is 2.45. The fourth-order valence-corrected chi connectivity index (χ4v) is 2.24. The summed E-state index contributed by atoms with van der Waals surface area (Å²) in [6.45, 7) is 3.45. The lowest BCUT2D eigenvalue weighted by Crippen LogP contribution is -2.48. The van der Waals surface area contributed by atoms with Crippen LogP contribution in [0.2, 0.25) is 0 Å². The van der Waals surface area contributed by atoms with Crippen molar-refractivity contribution in [3.8, 4) is 0 Å². The number of pyridine rings is 1. The summed E-state index contributed by atoms with van der Waals surface area (Å²) in [6, 6.07) is 3.54. The maximum absolute atomic E-state index is 12.6. The summed E-state index contributed by atoms with van der Waals surface area (Å²) in [5.74, 6) is 0. The lowest BCUT2D eigenvalue weighted by Gasteiger charge is -2.35. The van der Waals surface area contributed by atoms with Crippen LogP contribution in [0, 0.1) is 0 Å². The number of hydrogen-bond acceptors (Lipinski definition) is 4. The first-order valence-electron chi connectivity index (χ1n) is 6.85. The summed E-state index contributed by atoms with van der Waals surface area (Å²) in [7, 11) is 0. The van der Waals surface area contributed by atoms with Gasteiger partial charge >= 0.3 is 6.18 Å². The Morgan fingerprint density at radius 1 is 1.38 bits per heavy atom. The van der Waals surface area contributed by atoms with Gasteiger partial charge in [-0.05, 0) is 31.9 Å². The van der Waals surface area contributed by atoms with Crippen LogP contribution in [0.5, 0.6) is 0 Å². The zero-order chi connectivity index (χ0) is 15.5. The number of halogens is 3. The molecule has 2 rings (SSSR count). The third-order valence-electron chi connectivity index (χ3n) is 3.72. The molecule has 2 heterocycles. The molecule has 1 atom stereocenters. The minimum atomic E-state index is -4.50. The maximum Gasteiger partial charge on any atom is 0.433 e. The van der Waals surface area contributed by atoms with E-state index in [1.165, 1.54) is 12.1 Å². The van der Waals surface area contributed by atoms with E-state index in [9.17, 15) is 18.3 Å². The van der Waals surface area contributed by atoms with Crippen LogP contribution in [-0.4, -0.2) is 35.4 Å². The van der Waals surface area contributed by atoms with Crippen LogP contribution in [0.15, 0.2) is 18.2 Å². The van der Waals surface area contributed by atoms with Crippen LogP contribution in [0.4, 0.5) is 13.2 Å². The molecule has 1 aromatic heterocycles. The molecule has 7 heteroatoms. The number of aliphatic hydroxyl groups excluding tert-OH is 1. The standard InChI is InChI=1S/C14H19F3N2O2/c1-13(5-7-21-8-6-13)18-9-11(20)10-3-2-4-12(19-10)14(15,16)17/h2-4,11,18,20H,5-9H2,1H3/t11-/m0/s1. The Morgan fingerprint density at radius 2 is 2.05 bits per heavy atom. The fourth-order valence-electron chi connectivity index (χ4n) is 2.24. The van der Waals surface area contributed by atoms with Crippen LogP contribution in [0.1, 0.15) is 37.3 Å². The zero-order valence-electron chi connectivity index (χ0n) is 11.8. The quantitative estimate of drug-likeness (QED) is 0.896. The van der Waals surface area contributed by atoms with Crippen molar-refractivity contribution in [1.29, 1.82) is 0 Å². The number of hydrogen-bond donors (Lipinski definition) is 2. The third kappa shape index (κ3) is 4.39. The van der Waals surface area contributed by atoms with E-state index >= 15 is 0 Å². The Kier molecular flexibility index (Phi) is 4.85. The summed E-state index contributed by atoms with van der Waals surface area (Å²) in [5, 5.41) is 13.2. The van der Waals surface area contributed by atoms with Gasteiger partial charge in [-0.2, -0.15) is 13.2 Å². The van der Waals surface area contributed by atoms with Gasteiger partial charge in [0.05, 0.1) is 5.69 Å². The largest absolute Gasteiger partial charge is 0.433 e. The van der Waals surface area contributed by atoms with Crippen molar-refractivity contribution >= 4 is 0 Å². The topological polar surface area (TPSA) is 54.4 Å². The van der Waals surface area contributed by atoms with Crippen LogP contribution in [0.3, 0.4) is 0 Å². The van der Waals surface area contributed by atoms with Crippen molar-refractivity contribution < 1.29 is 23.0 Å². The Labute approximate surface area is 121 Å². The van der Waals surface area contributed by atoms with E-state index in [2.05, 4.69) is 10.3 Å². The molecule has 4 nitrogen and oxygen atoms in total. The molecule has 1 aliphatic heterocycles. The number of β-amino-alcohol motifs (C(OH)–C–C–N with tert-alkyl or cyclic N) is 1. The van der Waals surface area contributed by atoms with Crippen molar-refractivity contribution in [1.82, 2.24) is 10.3 Å². The highest BCUT2D eigenvalue weighted by molar-refractivity contribution is 5.15. The van der Waals surface area contributed by atoms with Crippen LogP contribution in [0.25, 0.3) is 0 Å². The van der Waals surface area contributed by atoms with Gasteiger partial charge in [0, 0.05) is 25.3 Å². The van der Waals surface area contributed by atoms with E-state index in [0.29, 0.717) is 13.2 Å². The molecule has 2 N–H and O–H groups in total. The molecule has 1 saturated heterocycles. The second-order valence-corrected chi connectivity index (χ2v) is 5.52. The number of alkyl halides is 3. The molecule has 0 saturated carbocycles. The van der Waals surface area contributed by atoms with Gasteiger partial charge in [-0.1, -0.05) is 6.07 Å².